The molecule has 0 aliphatic carbocycles. The van der Waals surface area contributed by atoms with Crippen LogP contribution in [-0.4, -0.2) is 103 Å². The first-order valence-corrected chi connectivity index (χ1v) is 26.6. The maximum atomic E-state index is 13.7. The smallest absolute Gasteiger partial charge is 0.465 e. The van der Waals surface area contributed by atoms with Gasteiger partial charge in [0.15, 0.2) is 0 Å². The first-order chi connectivity index (χ1) is 45.1. The lowest BCUT2D eigenvalue weighted by Gasteiger charge is -2.30. The molecular formula is C51H58N2O40. The summed E-state index contributed by atoms with van der Waals surface area (Å²) in [6, 6.07) is 20.2. The maximum Gasteiger partial charge on any atom is 0.514 e. The molecule has 0 fully saturated rings. The molecular weight excluding hydrogens is 1280 g/mol. The number of hydrogen-bond acceptors (Lipinski definition) is 40. The molecule has 0 bridgehead atoms. The molecule has 0 spiro atoms. The molecule has 3 aromatic carbocycles. The Morgan fingerprint density at radius 3 is 1.53 bits per heavy atom. The summed E-state index contributed by atoms with van der Waals surface area (Å²) in [5.74, 6) is -5.01. The van der Waals surface area contributed by atoms with Gasteiger partial charge in [-0.05, 0) is 159 Å². The first-order valence-electron chi connectivity index (χ1n) is 26.6. The third-order valence-electron chi connectivity index (χ3n) is 11.8. The number of carbonyl (C=O) groups excluding carboxylic acids is 9. The molecule has 3 aromatic rings. The second-order valence-electron chi connectivity index (χ2n) is 18.4. The van der Waals surface area contributed by atoms with Gasteiger partial charge in [0.05, 0.1) is 37.8 Å². The fourth-order valence-electron chi connectivity index (χ4n) is 7.63. The van der Waals surface area contributed by atoms with Gasteiger partial charge in [0.25, 0.3) is 17.5 Å². The van der Waals surface area contributed by atoms with Crippen molar-refractivity contribution in [3.63, 3.8) is 0 Å². The summed E-state index contributed by atoms with van der Waals surface area (Å²) < 4.78 is 15.6. The van der Waals surface area contributed by atoms with E-state index in [1.807, 2.05) is 0 Å². The molecule has 4 rings (SSSR count). The molecule has 0 N–H and O–H groups in total. The Hall–Kier alpha value is -8.01. The van der Waals surface area contributed by atoms with Crippen LogP contribution in [0, 0.1) is 21.4 Å². The standard InChI is InChI=1S/C51H58N2O40/c1-65-72-76-80-84-88-92-90-86-82-78-74-69-34-51(35-70-75-79-83-87-91-93-89-85-81-77-73-66-2,31-44(57)12-6-10-41(54)26-27-52-47(59)24-25-48(52)60)33-68-49(61)13-7-11-42(55)30-39(28-36-8-4-3-5-9-36)46(58)23-20-43(56)29-37-14-16-38(17-15-37)32-67-50(62)71-45-21-18-40(19-22-45)53(63)64/h3-5,8-9,14-19,21-22,24-25,39H,6-7,10-13,20,23,26-35H2,1-2H3. The number of ketones is 5. The van der Waals surface area contributed by atoms with Crippen molar-refractivity contribution in [2.45, 2.75) is 90.1 Å². The number of carbonyl (C=O) groups is 9. The molecule has 0 saturated carbocycles. The van der Waals surface area contributed by atoms with Gasteiger partial charge in [-0.2, -0.15) is 0 Å². The molecule has 0 radical (unpaired) electrons. The van der Waals surface area contributed by atoms with Crippen molar-refractivity contribution >= 4 is 58.5 Å². The molecule has 512 valence electrons. The van der Waals surface area contributed by atoms with Crippen molar-refractivity contribution in [1.82, 2.24) is 4.90 Å². The first kappa shape index (κ1) is 77.4. The molecule has 0 saturated heterocycles. The van der Waals surface area contributed by atoms with Gasteiger partial charge >= 0.3 is 12.1 Å². The maximum absolute atomic E-state index is 13.7. The summed E-state index contributed by atoms with van der Waals surface area (Å²) in [6.07, 6.45) is -1.55. The minimum absolute atomic E-state index is 0.0352. The molecule has 1 unspecified atom stereocenters. The number of esters is 1. The van der Waals surface area contributed by atoms with Crippen LogP contribution < -0.4 is 4.74 Å². The van der Waals surface area contributed by atoms with Gasteiger partial charge in [0.2, 0.25) is 0 Å². The van der Waals surface area contributed by atoms with Crippen molar-refractivity contribution in [3.8, 4) is 5.75 Å². The summed E-state index contributed by atoms with van der Waals surface area (Å²) in [4.78, 5) is 145. The van der Waals surface area contributed by atoms with Crippen LogP contribution in [0.3, 0.4) is 0 Å². The number of hydrogen-bond donors (Lipinski definition) is 0. The number of imide groups is 1. The average Bonchev–Trinajstić information content (AvgIpc) is 1.66. The number of non-ortho nitro benzene ring substituents is 1. The van der Waals surface area contributed by atoms with Gasteiger partial charge in [0, 0.05) is 101 Å². The number of nitrogens with zero attached hydrogens (tertiary/aromatic N) is 2. The normalized spacial score (nSPS) is 12.5. The van der Waals surface area contributed by atoms with Gasteiger partial charge in [0.1, 0.15) is 47.9 Å². The van der Waals surface area contributed by atoms with E-state index in [-0.39, 0.29) is 107 Å². The summed E-state index contributed by atoms with van der Waals surface area (Å²) in [5, 5.41) is 96.2. The van der Waals surface area contributed by atoms with Gasteiger partial charge in [-0.25, -0.2) is 24.3 Å². The second-order valence-corrected chi connectivity index (χ2v) is 18.4. The number of nitro groups is 1. The number of amides is 2. The molecule has 2 amide bonds. The van der Waals surface area contributed by atoms with Crippen LogP contribution in [0.25, 0.3) is 0 Å². The zero-order valence-corrected chi connectivity index (χ0v) is 48.7. The minimum atomic E-state index is -1.91. The van der Waals surface area contributed by atoms with Crippen LogP contribution in [0.4, 0.5) is 10.5 Å². The molecule has 93 heavy (non-hydrogen) atoms. The molecule has 1 aliphatic rings. The molecule has 1 heterocycles. The Kier molecular flexibility index (Phi) is 39.1. The Labute approximate surface area is 520 Å². The Morgan fingerprint density at radius 1 is 0.495 bits per heavy atom. The van der Waals surface area contributed by atoms with Gasteiger partial charge in [-0.1, -0.05) is 54.6 Å². The second kappa shape index (κ2) is 47.0. The number of rotatable bonds is 57. The lowest BCUT2D eigenvalue weighted by molar-refractivity contribution is -0.870. The number of benzene rings is 3. The van der Waals surface area contributed by atoms with E-state index in [1.165, 1.54) is 12.1 Å². The summed E-state index contributed by atoms with van der Waals surface area (Å²) >= 11 is 0. The fourth-order valence-corrected chi connectivity index (χ4v) is 7.63. The highest BCUT2D eigenvalue weighted by Crippen LogP contribution is 2.28. The Morgan fingerprint density at radius 2 is 0.989 bits per heavy atom. The van der Waals surface area contributed by atoms with Crippen molar-refractivity contribution < 1.29 is 193 Å². The van der Waals surface area contributed by atoms with Crippen LogP contribution in [0.15, 0.2) is 91.0 Å². The van der Waals surface area contributed by atoms with E-state index >= 15 is 0 Å². The quantitative estimate of drug-likeness (QED) is 0.0137. The molecule has 42 heteroatoms. The van der Waals surface area contributed by atoms with E-state index in [2.05, 4.69) is 121 Å². The molecule has 0 aromatic heterocycles. The predicted molar refractivity (Wildman–Crippen MR) is 273 cm³/mol. The van der Waals surface area contributed by atoms with Crippen LogP contribution in [0.1, 0.15) is 87.3 Å². The van der Waals surface area contributed by atoms with Crippen molar-refractivity contribution in [2.24, 2.45) is 11.3 Å². The van der Waals surface area contributed by atoms with E-state index in [4.69, 9.17) is 24.0 Å². The number of nitro benzene ring substituents is 1. The number of Topliss-reactive ketones (excluding diaryl/α,β-unsaturated/α-hetero) is 5. The van der Waals surface area contributed by atoms with Crippen molar-refractivity contribution in [1.29, 1.82) is 0 Å². The van der Waals surface area contributed by atoms with E-state index in [9.17, 15) is 53.3 Å². The van der Waals surface area contributed by atoms with Crippen molar-refractivity contribution in [2.75, 3.05) is 40.6 Å². The highest BCUT2D eigenvalue weighted by Gasteiger charge is 2.38. The lowest BCUT2D eigenvalue weighted by atomic mass is 9.84. The zero-order valence-electron chi connectivity index (χ0n) is 48.7. The van der Waals surface area contributed by atoms with E-state index in [0.717, 1.165) is 49.0 Å². The number of ether oxygens (including phenoxy) is 3. The van der Waals surface area contributed by atoms with Crippen LogP contribution in [0.2, 0.25) is 0 Å². The van der Waals surface area contributed by atoms with Crippen LogP contribution in [0.5, 0.6) is 5.75 Å². The molecule has 1 atom stereocenters. The monoisotopic (exact) mass is 1340 g/mol. The van der Waals surface area contributed by atoms with E-state index < -0.39 is 90.2 Å². The third-order valence-corrected chi connectivity index (χ3v) is 11.8. The topological polar surface area (TPSA) is 468 Å². The summed E-state index contributed by atoms with van der Waals surface area (Å²) in [5.41, 5.74) is -0.191. The third kappa shape index (κ3) is 35.0. The molecule has 42 nitrogen and oxygen atoms in total. The molecule has 1 aliphatic heterocycles. The van der Waals surface area contributed by atoms with Gasteiger partial charge < -0.3 is 14.2 Å². The summed E-state index contributed by atoms with van der Waals surface area (Å²) in [7, 11) is 2.09. The van der Waals surface area contributed by atoms with Crippen LogP contribution in [-0.2, 0) is 198 Å². The SMILES string of the molecule is COOOOOOOOOOOOOCC(COOOOOOOOOOOOOC)(COC(=O)CCCC(=O)CC(Cc1ccccc1)C(=O)CCC(=O)Cc1ccc(COC(=O)Oc2ccc([N+](=O)[O-])cc2)cc1)CC(=O)CCCC(=O)CCN1C(=O)C=CC1=O. The predicted octanol–water partition coefficient (Wildman–Crippen LogP) is 4.95. The van der Waals surface area contributed by atoms with Crippen LogP contribution >= 0.6 is 0 Å². The summed E-state index contributed by atoms with van der Waals surface area (Å²) in [6.45, 7) is -2.92. The van der Waals surface area contributed by atoms with Gasteiger partial charge in [-0.15, -0.1) is 0 Å². The minimum Gasteiger partial charge on any atom is -0.465 e. The van der Waals surface area contributed by atoms with Gasteiger partial charge in [-0.3, -0.25) is 53.4 Å². The Bertz CT molecular complexity index is 2720. The van der Waals surface area contributed by atoms with E-state index in [0.29, 0.717) is 11.1 Å². The average molecular weight is 1340 g/mol. The van der Waals surface area contributed by atoms with Crippen molar-refractivity contribution in [3.05, 3.63) is 118 Å². The highest BCUT2D eigenvalue weighted by molar-refractivity contribution is 6.13. The largest absolute Gasteiger partial charge is 0.514 e. The van der Waals surface area contributed by atoms with E-state index in [1.54, 1.807) is 54.6 Å². The fraction of sp³-hybridized carbons (Fsp3) is 0.431. The zero-order chi connectivity index (χ0) is 67.2. The highest BCUT2D eigenvalue weighted by atomic mass is 18.0. The lowest BCUT2D eigenvalue weighted by Crippen LogP contribution is -2.40. The Balaban J connectivity index is 1.33.